The van der Waals surface area contributed by atoms with Crippen LogP contribution < -0.4 is 10.0 Å². The topological polar surface area (TPSA) is 78.2 Å². The minimum absolute atomic E-state index is 0.461. The van der Waals surface area contributed by atoms with E-state index in [4.69, 9.17) is 0 Å². The van der Waals surface area contributed by atoms with Crippen LogP contribution in [0, 0.1) is 0 Å². The summed E-state index contributed by atoms with van der Waals surface area (Å²) in [7, 11) is 0. The zero-order valence-corrected chi connectivity index (χ0v) is 16.4. The van der Waals surface area contributed by atoms with Crippen molar-refractivity contribution in [2.24, 2.45) is 10.2 Å². The lowest BCUT2D eigenvalue weighted by Gasteiger charge is -2.27. The van der Waals surface area contributed by atoms with Crippen LogP contribution in [0.1, 0.15) is 0 Å². The third-order valence-electron chi connectivity index (χ3n) is 4.98. The van der Waals surface area contributed by atoms with E-state index in [1.165, 1.54) is 10.0 Å². The summed E-state index contributed by atoms with van der Waals surface area (Å²) >= 11 is 0. The molecule has 150 valence electrons. The van der Waals surface area contributed by atoms with Crippen molar-refractivity contribution in [1.29, 1.82) is 0 Å². The van der Waals surface area contributed by atoms with Crippen LogP contribution in [0.5, 0.6) is 0 Å². The number of para-hydroxylation sites is 3. The third kappa shape index (κ3) is 3.32. The third-order valence-corrected chi connectivity index (χ3v) is 4.98. The monoisotopic (exact) mass is 407 g/mol. The summed E-state index contributed by atoms with van der Waals surface area (Å²) < 4.78 is 0. The standard InChI is InChI=1S/C24H17N5O2/c30-23-22(27-26-20-15-7-9-17-10-8-16-25-21(17)20)24(31)29(19-13-5-2-6-14-19)28(23)18-11-3-1-4-12-18/h1-16,22H. The van der Waals surface area contributed by atoms with Crippen LogP contribution in [0.2, 0.25) is 0 Å². The van der Waals surface area contributed by atoms with E-state index < -0.39 is 17.9 Å². The Morgan fingerprint density at radius 1 is 0.677 bits per heavy atom. The fourth-order valence-corrected chi connectivity index (χ4v) is 3.55. The van der Waals surface area contributed by atoms with Gasteiger partial charge in [0.05, 0.1) is 16.9 Å². The normalized spacial score (nSPS) is 14.8. The molecule has 3 aromatic carbocycles. The molecule has 1 saturated heterocycles. The molecule has 0 N–H and O–H groups in total. The quantitative estimate of drug-likeness (QED) is 0.364. The van der Waals surface area contributed by atoms with Gasteiger partial charge in [-0.1, -0.05) is 54.6 Å². The number of amides is 2. The van der Waals surface area contributed by atoms with E-state index in [0.717, 1.165) is 5.39 Å². The van der Waals surface area contributed by atoms with Crippen molar-refractivity contribution in [3.63, 3.8) is 0 Å². The largest absolute Gasteiger partial charge is 0.282 e. The van der Waals surface area contributed by atoms with Crippen LogP contribution in [0.25, 0.3) is 10.9 Å². The predicted octanol–water partition coefficient (Wildman–Crippen LogP) is 4.68. The molecule has 0 atom stereocenters. The summed E-state index contributed by atoms with van der Waals surface area (Å²) in [4.78, 5) is 30.9. The Labute approximate surface area is 178 Å². The van der Waals surface area contributed by atoms with E-state index in [9.17, 15) is 9.59 Å². The Balaban J connectivity index is 1.56. The minimum atomic E-state index is -1.28. The second-order valence-electron chi connectivity index (χ2n) is 6.94. The van der Waals surface area contributed by atoms with Gasteiger partial charge in [-0.3, -0.25) is 14.6 Å². The van der Waals surface area contributed by atoms with Gasteiger partial charge in [0.15, 0.2) is 0 Å². The Morgan fingerprint density at radius 2 is 1.26 bits per heavy atom. The number of benzene rings is 3. The van der Waals surface area contributed by atoms with Gasteiger partial charge in [-0.2, -0.15) is 10.2 Å². The van der Waals surface area contributed by atoms with Gasteiger partial charge in [0.1, 0.15) is 5.69 Å². The Morgan fingerprint density at radius 3 is 1.87 bits per heavy atom. The van der Waals surface area contributed by atoms with Crippen LogP contribution in [0.3, 0.4) is 0 Å². The summed E-state index contributed by atoms with van der Waals surface area (Å²) in [5, 5.41) is 12.0. The number of aromatic nitrogens is 1. The molecule has 0 radical (unpaired) electrons. The van der Waals surface area contributed by atoms with Crippen LogP contribution in [-0.4, -0.2) is 22.8 Å². The van der Waals surface area contributed by atoms with Gasteiger partial charge in [0.25, 0.3) is 11.8 Å². The molecule has 2 heterocycles. The molecule has 0 spiro atoms. The molecule has 1 fully saturated rings. The van der Waals surface area contributed by atoms with Crippen molar-refractivity contribution in [2.75, 3.05) is 10.0 Å². The Bertz CT molecular complexity index is 1230. The molecule has 7 nitrogen and oxygen atoms in total. The number of azo groups is 1. The van der Waals surface area contributed by atoms with Crippen molar-refractivity contribution in [3.8, 4) is 0 Å². The molecule has 31 heavy (non-hydrogen) atoms. The smallest absolute Gasteiger partial charge is 0.269 e. The highest BCUT2D eigenvalue weighted by molar-refractivity contribution is 6.26. The van der Waals surface area contributed by atoms with E-state index in [0.29, 0.717) is 22.6 Å². The highest BCUT2D eigenvalue weighted by atomic mass is 16.2. The van der Waals surface area contributed by atoms with Crippen LogP contribution >= 0.6 is 0 Å². The van der Waals surface area contributed by atoms with Gasteiger partial charge in [0, 0.05) is 11.6 Å². The number of pyridine rings is 1. The first-order valence-electron chi connectivity index (χ1n) is 9.76. The lowest BCUT2D eigenvalue weighted by Crippen LogP contribution is -2.41. The number of hydrazine groups is 1. The van der Waals surface area contributed by atoms with Crippen LogP contribution in [0.15, 0.2) is 107 Å². The second kappa shape index (κ2) is 7.79. The number of anilines is 2. The maximum absolute atomic E-state index is 13.3. The second-order valence-corrected chi connectivity index (χ2v) is 6.94. The van der Waals surface area contributed by atoms with Gasteiger partial charge in [-0.05, 0) is 36.4 Å². The van der Waals surface area contributed by atoms with Crippen molar-refractivity contribution in [3.05, 3.63) is 97.2 Å². The maximum atomic E-state index is 13.3. The molecule has 5 rings (SSSR count). The van der Waals surface area contributed by atoms with E-state index in [-0.39, 0.29) is 0 Å². The Hall–Kier alpha value is -4.39. The minimum Gasteiger partial charge on any atom is -0.269 e. The summed E-state index contributed by atoms with van der Waals surface area (Å²) in [5.41, 5.74) is 2.32. The van der Waals surface area contributed by atoms with E-state index >= 15 is 0 Å². The molecule has 0 saturated carbocycles. The number of nitrogens with zero attached hydrogens (tertiary/aromatic N) is 5. The molecular weight excluding hydrogens is 390 g/mol. The first kappa shape index (κ1) is 18.6. The number of carbonyl (C=O) groups is 2. The number of carbonyl (C=O) groups excluding carboxylic acids is 2. The molecule has 1 aliphatic rings. The molecule has 4 aromatic rings. The van der Waals surface area contributed by atoms with E-state index in [1.807, 2.05) is 60.7 Å². The van der Waals surface area contributed by atoms with Crippen molar-refractivity contribution in [2.45, 2.75) is 6.04 Å². The first-order valence-corrected chi connectivity index (χ1v) is 9.76. The fourth-order valence-electron chi connectivity index (χ4n) is 3.55. The summed E-state index contributed by atoms with van der Waals surface area (Å²) in [6.45, 7) is 0. The first-order chi connectivity index (χ1) is 15.2. The lowest BCUT2D eigenvalue weighted by molar-refractivity contribution is -0.123. The number of rotatable bonds is 4. The summed E-state index contributed by atoms with van der Waals surface area (Å²) in [6.07, 6.45) is 1.67. The molecule has 0 unspecified atom stereocenters. The predicted molar refractivity (Wildman–Crippen MR) is 118 cm³/mol. The van der Waals surface area contributed by atoms with Crippen molar-refractivity contribution < 1.29 is 9.59 Å². The number of hydrogen-bond donors (Lipinski definition) is 0. The molecule has 1 aliphatic heterocycles. The van der Waals surface area contributed by atoms with E-state index in [2.05, 4.69) is 15.2 Å². The number of fused-ring (bicyclic) bond motifs is 1. The van der Waals surface area contributed by atoms with Crippen LogP contribution in [0.4, 0.5) is 17.1 Å². The fraction of sp³-hybridized carbons (Fsp3) is 0.0417. The van der Waals surface area contributed by atoms with Crippen molar-refractivity contribution in [1.82, 2.24) is 4.98 Å². The summed E-state index contributed by atoms with van der Waals surface area (Å²) in [6, 6.07) is 26.0. The average Bonchev–Trinajstić information content (AvgIpc) is 3.08. The number of hydrogen-bond acceptors (Lipinski definition) is 5. The molecular formula is C24H17N5O2. The highest BCUT2D eigenvalue weighted by Gasteiger charge is 2.47. The van der Waals surface area contributed by atoms with Gasteiger partial charge < -0.3 is 0 Å². The molecule has 0 aliphatic carbocycles. The van der Waals surface area contributed by atoms with Gasteiger partial charge in [-0.25, -0.2) is 10.0 Å². The zero-order chi connectivity index (χ0) is 21.2. The van der Waals surface area contributed by atoms with Gasteiger partial charge in [0.2, 0.25) is 6.04 Å². The molecule has 0 bridgehead atoms. The maximum Gasteiger partial charge on any atom is 0.282 e. The van der Waals surface area contributed by atoms with Crippen LogP contribution in [-0.2, 0) is 9.59 Å². The molecule has 2 amide bonds. The molecule has 1 aromatic heterocycles. The lowest BCUT2D eigenvalue weighted by atomic mass is 10.2. The molecule has 7 heteroatoms. The van der Waals surface area contributed by atoms with Crippen molar-refractivity contribution >= 4 is 39.8 Å². The van der Waals surface area contributed by atoms with Gasteiger partial charge in [-0.15, -0.1) is 0 Å². The average molecular weight is 407 g/mol. The zero-order valence-electron chi connectivity index (χ0n) is 16.4. The summed E-state index contributed by atoms with van der Waals surface area (Å²) in [5.74, 6) is -0.922. The Kier molecular flexibility index (Phi) is 4.68. The SMILES string of the molecule is O=C1C(N=Nc2cccc3cccnc23)C(=O)N(c2ccccc2)N1c1ccccc1. The van der Waals surface area contributed by atoms with E-state index in [1.54, 1.807) is 36.5 Å². The highest BCUT2D eigenvalue weighted by Crippen LogP contribution is 2.31. The van der Waals surface area contributed by atoms with Gasteiger partial charge >= 0.3 is 0 Å².